The number of hydrogen-bond donors (Lipinski definition) is 2. The van der Waals surface area contributed by atoms with Gasteiger partial charge in [0.1, 0.15) is 6.33 Å². The van der Waals surface area contributed by atoms with Crippen molar-refractivity contribution in [2.24, 2.45) is 5.92 Å². The molecular weight excluding hydrogens is 222 g/mol. The van der Waals surface area contributed by atoms with Crippen LogP contribution in [0.5, 0.6) is 5.88 Å². The Hall–Kier alpha value is -2.02. The van der Waals surface area contributed by atoms with E-state index in [2.05, 4.69) is 20.3 Å². The van der Waals surface area contributed by atoms with Gasteiger partial charge in [0.15, 0.2) is 11.2 Å². The minimum atomic E-state index is -0.165. The van der Waals surface area contributed by atoms with Gasteiger partial charge in [-0.2, -0.15) is 4.98 Å². The molecule has 0 spiro atoms. The summed E-state index contributed by atoms with van der Waals surface area (Å²) < 4.78 is 1.64. The van der Waals surface area contributed by atoms with E-state index in [9.17, 15) is 5.11 Å². The Bertz CT molecular complexity index is 579. The summed E-state index contributed by atoms with van der Waals surface area (Å²) in [7, 11) is 0. The second kappa shape index (κ2) is 3.77. The summed E-state index contributed by atoms with van der Waals surface area (Å²) in [5.41, 5.74) is 0.805. The number of allylic oxidation sites excluding steroid dienone is 1. The predicted molar refractivity (Wildman–Crippen MR) is 58.2 cm³/mol. The largest absolute Gasteiger partial charge is 0.492 e. The lowest BCUT2D eigenvalue weighted by Gasteiger charge is -2.10. The quantitative estimate of drug-likeness (QED) is 0.710. The fourth-order valence-electron chi connectivity index (χ4n) is 2.05. The van der Waals surface area contributed by atoms with Gasteiger partial charge in [0.05, 0.1) is 6.04 Å². The molecule has 1 aliphatic rings. The van der Waals surface area contributed by atoms with Crippen LogP contribution in [0, 0.1) is 5.92 Å². The third-order valence-electron chi connectivity index (χ3n) is 2.94. The number of aromatic nitrogens is 5. The monoisotopic (exact) mass is 233 g/mol. The molecule has 7 heteroatoms. The Morgan fingerprint density at radius 3 is 3.00 bits per heavy atom. The number of hydrogen-bond acceptors (Lipinski definition) is 6. The molecule has 0 aromatic carbocycles. The zero-order valence-electron chi connectivity index (χ0n) is 8.93. The first-order valence-corrected chi connectivity index (χ1v) is 5.33. The van der Waals surface area contributed by atoms with E-state index in [-0.39, 0.29) is 24.4 Å². The van der Waals surface area contributed by atoms with E-state index < -0.39 is 0 Å². The molecule has 2 N–H and O–H groups in total. The van der Waals surface area contributed by atoms with Crippen LogP contribution in [0.15, 0.2) is 18.5 Å². The normalized spacial score (nSPS) is 23.6. The highest BCUT2D eigenvalue weighted by Crippen LogP contribution is 2.29. The van der Waals surface area contributed by atoms with Crippen LogP contribution in [0.4, 0.5) is 0 Å². The molecule has 2 aromatic rings. The number of aromatic hydroxyl groups is 1. The first-order chi connectivity index (χ1) is 8.29. The standard InChI is InChI=1S/C10H11N5O2/c16-4-6-1-2-7(3-6)15-9-8(13-14-15)10(17)12-5-11-9/h1-2,5-7,16H,3-4H2,(H,11,12,17)/t6-,7+/m1/s1. The van der Waals surface area contributed by atoms with Gasteiger partial charge in [-0.15, -0.1) is 5.10 Å². The molecule has 7 nitrogen and oxygen atoms in total. The average molecular weight is 233 g/mol. The minimum absolute atomic E-state index is 0.0199. The van der Waals surface area contributed by atoms with Crippen molar-refractivity contribution in [1.82, 2.24) is 25.0 Å². The SMILES string of the molecule is OC[C@@H]1C=C[C@H](n2nnc3c(O)ncnc32)C1. The molecule has 3 rings (SSSR count). The van der Waals surface area contributed by atoms with Gasteiger partial charge in [-0.05, 0) is 6.42 Å². The van der Waals surface area contributed by atoms with E-state index in [1.54, 1.807) is 4.68 Å². The molecule has 0 saturated heterocycles. The molecule has 0 saturated carbocycles. The topological polar surface area (TPSA) is 97.0 Å². The highest BCUT2D eigenvalue weighted by Gasteiger charge is 2.23. The van der Waals surface area contributed by atoms with Gasteiger partial charge in [0.2, 0.25) is 5.88 Å². The predicted octanol–water partition coefficient (Wildman–Crippen LogP) is 0.0364. The maximum absolute atomic E-state index is 9.50. The molecule has 1 aliphatic carbocycles. The van der Waals surface area contributed by atoms with Crippen LogP contribution in [0.25, 0.3) is 11.2 Å². The van der Waals surface area contributed by atoms with Gasteiger partial charge in [-0.1, -0.05) is 17.4 Å². The number of nitrogens with zero attached hydrogens (tertiary/aromatic N) is 5. The molecule has 17 heavy (non-hydrogen) atoms. The van der Waals surface area contributed by atoms with E-state index in [1.807, 2.05) is 12.2 Å². The van der Waals surface area contributed by atoms with Crippen LogP contribution >= 0.6 is 0 Å². The van der Waals surface area contributed by atoms with Gasteiger partial charge in [0, 0.05) is 12.5 Å². The molecule has 0 aliphatic heterocycles. The van der Waals surface area contributed by atoms with Crippen LogP contribution in [-0.4, -0.2) is 41.8 Å². The van der Waals surface area contributed by atoms with Crippen LogP contribution < -0.4 is 0 Å². The van der Waals surface area contributed by atoms with Gasteiger partial charge in [0.25, 0.3) is 0 Å². The fourth-order valence-corrected chi connectivity index (χ4v) is 2.05. The molecule has 0 unspecified atom stereocenters. The Morgan fingerprint density at radius 2 is 2.24 bits per heavy atom. The van der Waals surface area contributed by atoms with Crippen molar-refractivity contribution >= 4 is 11.2 Å². The maximum atomic E-state index is 9.50. The number of aliphatic hydroxyl groups excluding tert-OH is 1. The van der Waals surface area contributed by atoms with Crippen molar-refractivity contribution in [3.63, 3.8) is 0 Å². The van der Waals surface area contributed by atoms with Gasteiger partial charge in [-0.3, -0.25) is 0 Å². The number of rotatable bonds is 2. The Kier molecular flexibility index (Phi) is 2.25. The van der Waals surface area contributed by atoms with Crippen LogP contribution in [0.2, 0.25) is 0 Å². The van der Waals surface area contributed by atoms with E-state index >= 15 is 0 Å². The molecule has 0 radical (unpaired) electrons. The summed E-state index contributed by atoms with van der Waals surface area (Å²) in [6, 6.07) is 0.0199. The Labute approximate surface area is 96.4 Å². The summed E-state index contributed by atoms with van der Waals surface area (Å²) in [6.45, 7) is 0.125. The van der Waals surface area contributed by atoms with Crippen molar-refractivity contribution in [3.05, 3.63) is 18.5 Å². The summed E-state index contributed by atoms with van der Waals surface area (Å²) in [5.74, 6) is -0.0170. The summed E-state index contributed by atoms with van der Waals surface area (Å²) in [6.07, 6.45) is 5.97. The minimum Gasteiger partial charge on any atom is -0.492 e. The van der Waals surface area contributed by atoms with E-state index in [0.29, 0.717) is 11.2 Å². The molecule has 0 bridgehead atoms. The third-order valence-corrected chi connectivity index (χ3v) is 2.94. The molecule has 0 amide bonds. The van der Waals surface area contributed by atoms with Crippen molar-refractivity contribution in [2.45, 2.75) is 12.5 Å². The number of aliphatic hydroxyl groups is 1. The molecule has 2 aromatic heterocycles. The number of fused-ring (bicyclic) bond motifs is 1. The van der Waals surface area contributed by atoms with Gasteiger partial charge >= 0.3 is 0 Å². The zero-order valence-corrected chi connectivity index (χ0v) is 8.93. The van der Waals surface area contributed by atoms with Crippen molar-refractivity contribution in [3.8, 4) is 5.88 Å². The molecule has 2 heterocycles. The van der Waals surface area contributed by atoms with Crippen molar-refractivity contribution < 1.29 is 10.2 Å². The highest BCUT2D eigenvalue weighted by atomic mass is 16.3. The van der Waals surface area contributed by atoms with Crippen LogP contribution in [-0.2, 0) is 0 Å². The second-order valence-corrected chi connectivity index (χ2v) is 4.03. The van der Waals surface area contributed by atoms with Crippen molar-refractivity contribution in [2.75, 3.05) is 6.61 Å². The van der Waals surface area contributed by atoms with E-state index in [4.69, 9.17) is 5.11 Å². The van der Waals surface area contributed by atoms with Crippen LogP contribution in [0.1, 0.15) is 12.5 Å². The molecule has 0 fully saturated rings. The fraction of sp³-hybridized carbons (Fsp3) is 0.400. The van der Waals surface area contributed by atoms with E-state index in [0.717, 1.165) is 6.42 Å². The second-order valence-electron chi connectivity index (χ2n) is 4.03. The summed E-state index contributed by atoms with van der Waals surface area (Å²) in [4.78, 5) is 7.72. The molecule has 2 atom stereocenters. The maximum Gasteiger partial charge on any atom is 0.244 e. The first-order valence-electron chi connectivity index (χ1n) is 5.33. The van der Waals surface area contributed by atoms with Crippen molar-refractivity contribution in [1.29, 1.82) is 0 Å². The lowest BCUT2D eigenvalue weighted by molar-refractivity contribution is 0.243. The Balaban J connectivity index is 2.02. The summed E-state index contributed by atoms with van der Waals surface area (Å²) in [5, 5.41) is 26.4. The average Bonchev–Trinajstić information content (AvgIpc) is 2.94. The van der Waals surface area contributed by atoms with E-state index in [1.165, 1.54) is 6.33 Å². The lowest BCUT2D eigenvalue weighted by atomic mass is 10.1. The summed E-state index contributed by atoms with van der Waals surface area (Å²) >= 11 is 0. The van der Waals surface area contributed by atoms with Gasteiger partial charge < -0.3 is 10.2 Å². The Morgan fingerprint density at radius 1 is 1.35 bits per heavy atom. The molecule has 88 valence electrons. The smallest absolute Gasteiger partial charge is 0.244 e. The zero-order chi connectivity index (χ0) is 11.8. The van der Waals surface area contributed by atoms with Gasteiger partial charge in [-0.25, -0.2) is 9.67 Å². The molecular formula is C10H11N5O2. The lowest BCUT2D eigenvalue weighted by Crippen LogP contribution is -2.10. The third kappa shape index (κ3) is 1.55. The first kappa shape index (κ1) is 10.2. The highest BCUT2D eigenvalue weighted by molar-refractivity contribution is 5.74. The van der Waals surface area contributed by atoms with Crippen LogP contribution in [0.3, 0.4) is 0 Å².